The number of primary amides is 1. The first-order valence-corrected chi connectivity index (χ1v) is 4.26. The zero-order chi connectivity index (χ0) is 12.4. The number of hydrogen-bond donors (Lipinski definition) is 1. The number of carbonyl (C=O) groups is 2. The van der Waals surface area contributed by atoms with Gasteiger partial charge in [-0.3, -0.25) is 9.69 Å². The van der Waals surface area contributed by atoms with Gasteiger partial charge in [-0.15, -0.1) is 12.4 Å². The van der Waals surface area contributed by atoms with Crippen molar-refractivity contribution in [1.29, 1.82) is 0 Å². The summed E-state index contributed by atoms with van der Waals surface area (Å²) in [6, 6.07) is 0. The van der Waals surface area contributed by atoms with Gasteiger partial charge >= 0.3 is 5.97 Å². The SMILES string of the molecule is C=CC(=O)OC(C)N(C)C.C=CC(N)=O.Cl. The Morgan fingerprint density at radius 1 is 1.31 bits per heavy atom. The normalized spacial score (nSPS) is 10.0. The number of ether oxygens (including phenoxy) is 1. The van der Waals surface area contributed by atoms with Crippen LogP contribution >= 0.6 is 12.4 Å². The minimum Gasteiger partial charge on any atom is -0.444 e. The summed E-state index contributed by atoms with van der Waals surface area (Å²) >= 11 is 0. The van der Waals surface area contributed by atoms with Gasteiger partial charge in [-0.25, -0.2) is 4.79 Å². The standard InChI is InChI=1S/C7H13NO2.C3H5NO.ClH/c1-5-7(9)10-6(2)8(3)4;1-2-3(4)5;/h5-6H,1H2,2-4H3;2H,1H2,(H2,4,5);1H. The van der Waals surface area contributed by atoms with Crippen LogP contribution in [0.5, 0.6) is 0 Å². The first kappa shape index (κ1) is 20.1. The number of esters is 1. The third-order valence-corrected chi connectivity index (χ3v) is 1.38. The second-order valence-corrected chi connectivity index (χ2v) is 2.81. The summed E-state index contributed by atoms with van der Waals surface area (Å²) in [6.07, 6.45) is 2.02. The predicted molar refractivity (Wildman–Crippen MR) is 66.1 cm³/mol. The van der Waals surface area contributed by atoms with E-state index in [0.29, 0.717) is 0 Å². The highest BCUT2D eigenvalue weighted by Crippen LogP contribution is 1.94. The monoisotopic (exact) mass is 250 g/mol. The zero-order valence-electron chi connectivity index (χ0n) is 9.80. The molecule has 94 valence electrons. The lowest BCUT2D eigenvalue weighted by Gasteiger charge is -2.18. The van der Waals surface area contributed by atoms with Gasteiger partial charge in [0.25, 0.3) is 0 Å². The van der Waals surface area contributed by atoms with E-state index in [4.69, 9.17) is 4.74 Å². The topological polar surface area (TPSA) is 72.6 Å². The van der Waals surface area contributed by atoms with E-state index in [2.05, 4.69) is 18.9 Å². The fourth-order valence-electron chi connectivity index (χ4n) is 0.322. The van der Waals surface area contributed by atoms with E-state index in [9.17, 15) is 9.59 Å². The highest BCUT2D eigenvalue weighted by molar-refractivity contribution is 5.85. The van der Waals surface area contributed by atoms with Crippen LogP contribution in [0.2, 0.25) is 0 Å². The molecule has 1 atom stereocenters. The summed E-state index contributed by atoms with van der Waals surface area (Å²) in [5.74, 6) is -0.869. The van der Waals surface area contributed by atoms with Gasteiger partial charge in [-0.2, -0.15) is 0 Å². The zero-order valence-corrected chi connectivity index (χ0v) is 10.6. The van der Waals surface area contributed by atoms with Crippen molar-refractivity contribution in [3.63, 3.8) is 0 Å². The molecule has 0 radical (unpaired) electrons. The molecule has 0 saturated carbocycles. The summed E-state index contributed by atoms with van der Waals surface area (Å²) in [7, 11) is 3.67. The van der Waals surface area contributed by atoms with Gasteiger partial charge in [0.1, 0.15) is 0 Å². The second-order valence-electron chi connectivity index (χ2n) is 2.81. The molecule has 0 heterocycles. The molecule has 0 aromatic carbocycles. The number of hydrogen-bond acceptors (Lipinski definition) is 4. The first-order valence-electron chi connectivity index (χ1n) is 4.26. The smallest absolute Gasteiger partial charge is 0.331 e. The molecular weight excluding hydrogens is 232 g/mol. The summed E-state index contributed by atoms with van der Waals surface area (Å²) in [5, 5.41) is 0. The molecule has 0 aromatic rings. The second kappa shape index (κ2) is 11.7. The molecule has 0 aliphatic rings. The third-order valence-electron chi connectivity index (χ3n) is 1.38. The minimum atomic E-state index is -0.481. The van der Waals surface area contributed by atoms with Crippen LogP contribution in [0.1, 0.15) is 6.92 Å². The molecule has 0 fully saturated rings. The molecule has 6 heteroatoms. The number of amides is 1. The van der Waals surface area contributed by atoms with Crippen LogP contribution < -0.4 is 5.73 Å². The Labute approximate surface area is 102 Å². The maximum atomic E-state index is 10.6. The molecule has 0 bridgehead atoms. The quantitative estimate of drug-likeness (QED) is 0.453. The lowest BCUT2D eigenvalue weighted by molar-refractivity contribution is -0.149. The van der Waals surface area contributed by atoms with E-state index < -0.39 is 5.91 Å². The minimum absolute atomic E-state index is 0. The van der Waals surface area contributed by atoms with Crippen LogP contribution in [0.4, 0.5) is 0 Å². The Morgan fingerprint density at radius 2 is 1.69 bits per heavy atom. The summed E-state index contributed by atoms with van der Waals surface area (Å²) in [6.45, 7) is 8.16. The number of nitrogens with two attached hydrogens (primary N) is 1. The highest BCUT2D eigenvalue weighted by Gasteiger charge is 2.06. The van der Waals surface area contributed by atoms with Crippen molar-refractivity contribution >= 4 is 24.3 Å². The number of carbonyl (C=O) groups excluding carboxylic acids is 2. The summed E-state index contributed by atoms with van der Waals surface area (Å²) < 4.78 is 4.83. The molecule has 0 spiro atoms. The molecular formula is C10H19ClN2O3. The Bertz CT molecular complexity index is 242. The average Bonchev–Trinajstić information content (AvgIpc) is 2.18. The van der Waals surface area contributed by atoms with E-state index >= 15 is 0 Å². The molecule has 0 aliphatic carbocycles. The molecule has 1 amide bonds. The van der Waals surface area contributed by atoms with Crippen LogP contribution in [0.3, 0.4) is 0 Å². The largest absolute Gasteiger partial charge is 0.444 e. The van der Waals surface area contributed by atoms with Gasteiger partial charge in [-0.05, 0) is 27.1 Å². The van der Waals surface area contributed by atoms with Gasteiger partial charge in [-0.1, -0.05) is 13.2 Å². The highest BCUT2D eigenvalue weighted by atomic mass is 35.5. The van der Waals surface area contributed by atoms with Crippen LogP contribution in [0.25, 0.3) is 0 Å². The Kier molecular flexibility index (Phi) is 14.8. The van der Waals surface area contributed by atoms with Gasteiger partial charge in [0.2, 0.25) is 5.91 Å². The molecule has 2 N–H and O–H groups in total. The molecule has 0 aliphatic heterocycles. The fraction of sp³-hybridized carbons (Fsp3) is 0.400. The van der Waals surface area contributed by atoms with Gasteiger partial charge < -0.3 is 10.5 Å². The first-order chi connectivity index (χ1) is 6.84. The van der Waals surface area contributed by atoms with Crippen molar-refractivity contribution in [3.05, 3.63) is 25.3 Å². The maximum Gasteiger partial charge on any atom is 0.331 e. The number of halogens is 1. The van der Waals surface area contributed by atoms with Crippen LogP contribution in [-0.2, 0) is 14.3 Å². The average molecular weight is 251 g/mol. The molecule has 0 saturated heterocycles. The molecule has 0 aromatic heterocycles. The van der Waals surface area contributed by atoms with E-state index in [-0.39, 0.29) is 24.6 Å². The van der Waals surface area contributed by atoms with E-state index in [1.165, 1.54) is 0 Å². The lowest BCUT2D eigenvalue weighted by atomic mass is 10.6. The Balaban J connectivity index is -0.000000242. The maximum absolute atomic E-state index is 10.6. The number of nitrogens with zero attached hydrogens (tertiary/aromatic N) is 1. The molecule has 16 heavy (non-hydrogen) atoms. The van der Waals surface area contributed by atoms with Gasteiger partial charge in [0.05, 0.1) is 0 Å². The van der Waals surface area contributed by atoms with Crippen LogP contribution in [0, 0.1) is 0 Å². The van der Waals surface area contributed by atoms with Crippen molar-refractivity contribution in [1.82, 2.24) is 4.90 Å². The van der Waals surface area contributed by atoms with Crippen molar-refractivity contribution in [2.75, 3.05) is 14.1 Å². The molecule has 0 rings (SSSR count). The Hall–Kier alpha value is -1.33. The third kappa shape index (κ3) is 15.2. The lowest BCUT2D eigenvalue weighted by Crippen LogP contribution is -2.29. The van der Waals surface area contributed by atoms with Crippen LogP contribution in [0.15, 0.2) is 25.3 Å². The summed E-state index contributed by atoms with van der Waals surface area (Å²) in [5.41, 5.74) is 4.53. The van der Waals surface area contributed by atoms with E-state index in [0.717, 1.165) is 12.2 Å². The van der Waals surface area contributed by atoms with E-state index in [1.54, 1.807) is 11.8 Å². The Morgan fingerprint density at radius 3 is 1.88 bits per heavy atom. The van der Waals surface area contributed by atoms with Crippen LogP contribution in [-0.4, -0.2) is 37.1 Å². The molecule has 5 nitrogen and oxygen atoms in total. The van der Waals surface area contributed by atoms with Crippen molar-refractivity contribution in [2.24, 2.45) is 5.73 Å². The van der Waals surface area contributed by atoms with Gasteiger partial charge in [0, 0.05) is 6.08 Å². The number of rotatable bonds is 4. The van der Waals surface area contributed by atoms with Crippen molar-refractivity contribution in [2.45, 2.75) is 13.2 Å². The van der Waals surface area contributed by atoms with Gasteiger partial charge in [0.15, 0.2) is 6.23 Å². The molecule has 1 unspecified atom stereocenters. The van der Waals surface area contributed by atoms with E-state index in [1.807, 2.05) is 14.1 Å². The predicted octanol–water partition coefficient (Wildman–Crippen LogP) is 0.703. The fourth-order valence-corrected chi connectivity index (χ4v) is 0.322. The summed E-state index contributed by atoms with van der Waals surface area (Å²) in [4.78, 5) is 21.8. The van der Waals surface area contributed by atoms with Crippen molar-refractivity contribution in [3.8, 4) is 0 Å². The van der Waals surface area contributed by atoms with Crippen molar-refractivity contribution < 1.29 is 14.3 Å².